The molecular weight excluding hydrogens is 316 g/mol. The van der Waals surface area contributed by atoms with Crippen LogP contribution in [0.15, 0.2) is 24.3 Å². The monoisotopic (exact) mass is 342 g/mol. The lowest BCUT2D eigenvalue weighted by Gasteiger charge is -2.59. The molecule has 5 heteroatoms. The summed E-state index contributed by atoms with van der Waals surface area (Å²) in [6, 6.07) is 7.75. The molecule has 134 valence electrons. The minimum absolute atomic E-state index is 0.0897. The lowest BCUT2D eigenvalue weighted by atomic mass is 9.72. The second-order valence-electron chi connectivity index (χ2n) is 7.77. The summed E-state index contributed by atoms with van der Waals surface area (Å²) in [4.78, 5) is 29.2. The molecule has 1 spiro atoms. The maximum absolute atomic E-state index is 12.8. The number of hydrogen-bond acceptors (Lipinski definition) is 3. The first kappa shape index (κ1) is 16.6. The molecule has 1 aromatic rings. The number of likely N-dealkylation sites (tertiary alicyclic amines) is 2. The van der Waals surface area contributed by atoms with E-state index in [1.54, 1.807) is 7.11 Å². The molecule has 1 aliphatic carbocycles. The van der Waals surface area contributed by atoms with Gasteiger partial charge < -0.3 is 14.5 Å². The van der Waals surface area contributed by atoms with Gasteiger partial charge in [-0.2, -0.15) is 0 Å². The molecule has 2 amide bonds. The normalized spacial score (nSPS) is 25.2. The van der Waals surface area contributed by atoms with Gasteiger partial charge in [0.25, 0.3) is 11.8 Å². The van der Waals surface area contributed by atoms with Gasteiger partial charge in [-0.1, -0.05) is 17.7 Å². The van der Waals surface area contributed by atoms with Crippen LogP contribution in [0.4, 0.5) is 0 Å². The van der Waals surface area contributed by atoms with Crippen LogP contribution in [-0.2, 0) is 9.53 Å². The molecule has 2 heterocycles. The average Bonchev–Trinajstić information content (AvgIpc) is 3.44. The maximum atomic E-state index is 12.8. The fraction of sp³-hybridized carbons (Fsp3) is 0.600. The lowest BCUT2D eigenvalue weighted by Crippen LogP contribution is -2.77. The quantitative estimate of drug-likeness (QED) is 0.789. The van der Waals surface area contributed by atoms with Gasteiger partial charge in [0.2, 0.25) is 0 Å². The summed E-state index contributed by atoms with van der Waals surface area (Å²) < 4.78 is 5.53. The second-order valence-corrected chi connectivity index (χ2v) is 7.77. The van der Waals surface area contributed by atoms with E-state index < -0.39 is 0 Å². The average molecular weight is 342 g/mol. The van der Waals surface area contributed by atoms with Crippen molar-refractivity contribution in [3.8, 4) is 0 Å². The number of amides is 2. The van der Waals surface area contributed by atoms with Gasteiger partial charge in [-0.3, -0.25) is 9.59 Å². The van der Waals surface area contributed by atoms with E-state index >= 15 is 0 Å². The number of nitrogens with zero attached hydrogens (tertiary/aromatic N) is 2. The Morgan fingerprint density at radius 1 is 1.28 bits per heavy atom. The van der Waals surface area contributed by atoms with Crippen LogP contribution in [0.2, 0.25) is 0 Å². The van der Waals surface area contributed by atoms with E-state index in [1.165, 1.54) is 12.8 Å². The first-order valence-corrected chi connectivity index (χ1v) is 9.25. The van der Waals surface area contributed by atoms with Crippen LogP contribution in [-0.4, -0.2) is 60.0 Å². The number of methoxy groups -OCH3 is 1. The molecule has 1 atom stereocenters. The molecule has 0 N–H and O–H groups in total. The summed E-state index contributed by atoms with van der Waals surface area (Å²) in [5, 5.41) is 0. The van der Waals surface area contributed by atoms with Crippen molar-refractivity contribution in [3.63, 3.8) is 0 Å². The molecule has 25 heavy (non-hydrogen) atoms. The van der Waals surface area contributed by atoms with Crippen LogP contribution < -0.4 is 0 Å². The Bertz CT molecular complexity index is 690. The second kappa shape index (κ2) is 6.13. The third-order valence-corrected chi connectivity index (χ3v) is 6.07. The van der Waals surface area contributed by atoms with Crippen LogP contribution in [0.3, 0.4) is 0 Å². The number of aryl methyl sites for hydroxylation is 1. The highest BCUT2D eigenvalue weighted by atomic mass is 16.5. The van der Waals surface area contributed by atoms with Crippen molar-refractivity contribution in [2.45, 2.75) is 44.2 Å². The van der Waals surface area contributed by atoms with Crippen molar-refractivity contribution in [1.29, 1.82) is 0 Å². The summed E-state index contributed by atoms with van der Waals surface area (Å²) in [5.74, 6) is 0.894. The van der Waals surface area contributed by atoms with Crippen LogP contribution in [0.5, 0.6) is 0 Å². The Hall–Kier alpha value is -1.88. The van der Waals surface area contributed by atoms with Crippen LogP contribution in [0, 0.1) is 12.8 Å². The molecule has 1 unspecified atom stereocenters. The van der Waals surface area contributed by atoms with Crippen LogP contribution in [0.1, 0.15) is 41.6 Å². The fourth-order valence-corrected chi connectivity index (χ4v) is 4.41. The number of hydrogen-bond donors (Lipinski definition) is 0. The summed E-state index contributed by atoms with van der Waals surface area (Å²) in [6.45, 7) is 4.23. The Labute approximate surface area is 148 Å². The van der Waals surface area contributed by atoms with Crippen molar-refractivity contribution in [1.82, 2.24) is 9.80 Å². The number of β-lactam (4-membered cyclic amide) rings is 1. The Kier molecular flexibility index (Phi) is 4.07. The molecule has 0 radical (unpaired) electrons. The number of rotatable bonds is 4. The molecule has 2 aliphatic heterocycles. The van der Waals surface area contributed by atoms with Gasteiger partial charge >= 0.3 is 0 Å². The van der Waals surface area contributed by atoms with E-state index in [4.69, 9.17) is 4.74 Å². The molecule has 1 aromatic carbocycles. The van der Waals surface area contributed by atoms with Crippen molar-refractivity contribution in [2.75, 3.05) is 26.7 Å². The van der Waals surface area contributed by atoms with Gasteiger partial charge in [-0.05, 0) is 50.7 Å². The largest absolute Gasteiger partial charge is 0.369 e. The number of carbonyl (C=O) groups excluding carboxylic acids is 2. The molecule has 4 rings (SSSR count). The Morgan fingerprint density at radius 2 is 2.00 bits per heavy atom. The molecule has 5 nitrogen and oxygen atoms in total. The van der Waals surface area contributed by atoms with Gasteiger partial charge in [0.1, 0.15) is 0 Å². The third kappa shape index (κ3) is 2.74. The predicted molar refractivity (Wildman–Crippen MR) is 94.3 cm³/mol. The smallest absolute Gasteiger partial charge is 0.254 e. The highest BCUT2D eigenvalue weighted by Crippen LogP contribution is 2.45. The highest BCUT2D eigenvalue weighted by molar-refractivity contribution is 5.95. The highest BCUT2D eigenvalue weighted by Gasteiger charge is 2.61. The Morgan fingerprint density at radius 3 is 2.60 bits per heavy atom. The van der Waals surface area contributed by atoms with E-state index in [0.717, 1.165) is 30.5 Å². The zero-order chi connectivity index (χ0) is 17.6. The van der Waals surface area contributed by atoms with E-state index in [-0.39, 0.29) is 23.5 Å². The van der Waals surface area contributed by atoms with Gasteiger partial charge in [0, 0.05) is 32.3 Å². The molecule has 3 fully saturated rings. The van der Waals surface area contributed by atoms with E-state index in [1.807, 2.05) is 41.0 Å². The van der Waals surface area contributed by atoms with E-state index in [9.17, 15) is 9.59 Å². The van der Waals surface area contributed by atoms with Crippen molar-refractivity contribution >= 4 is 11.8 Å². The van der Waals surface area contributed by atoms with Gasteiger partial charge in [0.05, 0.1) is 5.54 Å². The zero-order valence-electron chi connectivity index (χ0n) is 15.0. The predicted octanol–water partition coefficient (Wildman–Crippen LogP) is 2.24. The summed E-state index contributed by atoms with van der Waals surface area (Å²) >= 11 is 0. The molecule has 0 bridgehead atoms. The zero-order valence-corrected chi connectivity index (χ0v) is 15.0. The summed E-state index contributed by atoms with van der Waals surface area (Å²) in [6.07, 6.45) is 3.75. The minimum Gasteiger partial charge on any atom is -0.369 e. The SMILES string of the molecule is COC1C(=O)N(CC2CC2)C12CCN(C(=O)c1cccc(C)c1)CC2. The van der Waals surface area contributed by atoms with E-state index in [2.05, 4.69) is 0 Å². The van der Waals surface area contributed by atoms with Gasteiger partial charge in [-0.15, -0.1) is 0 Å². The van der Waals surface area contributed by atoms with Crippen molar-refractivity contribution < 1.29 is 14.3 Å². The topological polar surface area (TPSA) is 49.9 Å². The van der Waals surface area contributed by atoms with Crippen LogP contribution in [0.25, 0.3) is 0 Å². The summed E-state index contributed by atoms with van der Waals surface area (Å²) in [5.41, 5.74) is 1.65. The molecule has 0 aromatic heterocycles. The molecule has 2 saturated heterocycles. The van der Waals surface area contributed by atoms with Gasteiger partial charge in [0.15, 0.2) is 6.10 Å². The number of piperidine rings is 1. The molecule has 3 aliphatic rings. The number of ether oxygens (including phenoxy) is 1. The van der Waals surface area contributed by atoms with Crippen molar-refractivity contribution in [3.05, 3.63) is 35.4 Å². The third-order valence-electron chi connectivity index (χ3n) is 6.07. The lowest BCUT2D eigenvalue weighted by molar-refractivity contribution is -0.198. The standard InChI is InChI=1S/C20H26N2O3/c1-14-4-3-5-16(12-14)18(23)21-10-8-20(9-11-21)17(25-2)19(24)22(20)13-15-6-7-15/h3-5,12,15,17H,6-11,13H2,1-2H3. The Balaban J connectivity index is 1.46. The van der Waals surface area contributed by atoms with E-state index in [0.29, 0.717) is 19.0 Å². The first-order chi connectivity index (χ1) is 12.0. The number of carbonyl (C=O) groups is 2. The maximum Gasteiger partial charge on any atom is 0.254 e. The molecular formula is C20H26N2O3. The number of benzene rings is 1. The first-order valence-electron chi connectivity index (χ1n) is 9.25. The molecule has 1 saturated carbocycles. The van der Waals surface area contributed by atoms with Crippen molar-refractivity contribution in [2.24, 2.45) is 5.92 Å². The van der Waals surface area contributed by atoms with Gasteiger partial charge in [-0.25, -0.2) is 0 Å². The fourth-order valence-electron chi connectivity index (χ4n) is 4.41. The minimum atomic E-state index is -0.331. The van der Waals surface area contributed by atoms with Crippen LogP contribution >= 0.6 is 0 Å². The summed E-state index contributed by atoms with van der Waals surface area (Å²) in [7, 11) is 1.63.